The van der Waals surface area contributed by atoms with Crippen molar-refractivity contribution in [3.8, 4) is 0 Å². The minimum atomic E-state index is -0.175. The zero-order valence-corrected chi connectivity index (χ0v) is 11.1. The van der Waals surface area contributed by atoms with Crippen LogP contribution in [0.15, 0.2) is 18.2 Å². The van der Waals surface area contributed by atoms with Gasteiger partial charge in [-0.25, -0.2) is 4.39 Å². The first kappa shape index (κ1) is 13.5. The van der Waals surface area contributed by atoms with Gasteiger partial charge in [0.25, 0.3) is 0 Å². The smallest absolute Gasteiger partial charge is 0.123 e. The highest BCUT2D eigenvalue weighted by atomic mass is 19.1. The van der Waals surface area contributed by atoms with Crippen molar-refractivity contribution in [2.75, 3.05) is 33.3 Å². The van der Waals surface area contributed by atoms with Gasteiger partial charge in [-0.3, -0.25) is 0 Å². The lowest BCUT2D eigenvalue weighted by Gasteiger charge is -2.30. The van der Waals surface area contributed by atoms with Crippen LogP contribution >= 0.6 is 0 Å². The minimum absolute atomic E-state index is 0.175. The molecule has 1 aliphatic rings. The van der Waals surface area contributed by atoms with Crippen LogP contribution in [0.25, 0.3) is 0 Å². The molecule has 0 saturated carbocycles. The topological polar surface area (TPSA) is 24.5 Å². The fraction of sp³-hybridized carbons (Fsp3) is 0.571. The molecule has 1 unspecified atom stereocenters. The molecule has 1 aliphatic heterocycles. The number of ether oxygens (including phenoxy) is 1. The fourth-order valence-electron chi connectivity index (χ4n) is 2.19. The molecule has 0 radical (unpaired) electrons. The Morgan fingerprint density at radius 1 is 1.50 bits per heavy atom. The van der Waals surface area contributed by atoms with E-state index in [-0.39, 0.29) is 11.9 Å². The van der Waals surface area contributed by atoms with Gasteiger partial charge in [0.15, 0.2) is 0 Å². The third kappa shape index (κ3) is 3.77. The number of morpholine rings is 1. The molecule has 3 nitrogen and oxygen atoms in total. The minimum Gasteiger partial charge on any atom is -0.374 e. The van der Waals surface area contributed by atoms with Gasteiger partial charge in [-0.2, -0.15) is 0 Å². The molecule has 1 aromatic carbocycles. The summed E-state index contributed by atoms with van der Waals surface area (Å²) in [6, 6.07) is 4.91. The predicted octanol–water partition coefficient (Wildman–Crippen LogP) is 1.55. The Bertz CT molecular complexity index is 397. The molecule has 0 bridgehead atoms. The summed E-state index contributed by atoms with van der Waals surface area (Å²) in [5, 5.41) is 3.34. The number of nitrogens with zero attached hydrogens (tertiary/aromatic N) is 1. The van der Waals surface area contributed by atoms with Crippen LogP contribution in [0.3, 0.4) is 0 Å². The summed E-state index contributed by atoms with van der Waals surface area (Å²) < 4.78 is 18.8. The predicted molar refractivity (Wildman–Crippen MR) is 70.1 cm³/mol. The second-order valence-corrected chi connectivity index (χ2v) is 4.96. The summed E-state index contributed by atoms with van der Waals surface area (Å²) in [6.07, 6.45) is 0.234. The molecule has 1 saturated heterocycles. The van der Waals surface area contributed by atoms with Crippen molar-refractivity contribution in [1.82, 2.24) is 10.2 Å². The van der Waals surface area contributed by atoms with Crippen LogP contribution in [0.4, 0.5) is 4.39 Å². The van der Waals surface area contributed by atoms with Gasteiger partial charge in [-0.05, 0) is 37.2 Å². The molecule has 1 fully saturated rings. The Hall–Kier alpha value is -0.970. The molecule has 18 heavy (non-hydrogen) atoms. The number of hydrogen-bond donors (Lipinski definition) is 1. The molecule has 1 atom stereocenters. The van der Waals surface area contributed by atoms with Gasteiger partial charge in [-0.1, -0.05) is 6.07 Å². The summed E-state index contributed by atoms with van der Waals surface area (Å²) >= 11 is 0. The normalized spacial score (nSPS) is 21.2. The van der Waals surface area contributed by atoms with Crippen molar-refractivity contribution in [2.45, 2.75) is 19.6 Å². The zero-order valence-electron chi connectivity index (χ0n) is 11.1. The average Bonchev–Trinajstić information content (AvgIpc) is 2.34. The Morgan fingerprint density at radius 3 is 3.11 bits per heavy atom. The molecule has 100 valence electrons. The third-order valence-electron chi connectivity index (χ3n) is 3.34. The molecule has 1 aromatic rings. The van der Waals surface area contributed by atoms with E-state index in [9.17, 15) is 4.39 Å². The summed E-state index contributed by atoms with van der Waals surface area (Å²) in [5.74, 6) is -0.175. The highest BCUT2D eigenvalue weighted by molar-refractivity contribution is 5.26. The van der Waals surface area contributed by atoms with Gasteiger partial charge in [0.1, 0.15) is 5.82 Å². The molecule has 1 N–H and O–H groups in total. The van der Waals surface area contributed by atoms with Crippen LogP contribution in [-0.2, 0) is 11.3 Å². The second kappa shape index (κ2) is 6.27. The number of rotatable bonds is 4. The van der Waals surface area contributed by atoms with Crippen molar-refractivity contribution in [2.24, 2.45) is 0 Å². The standard InChI is InChI=1S/C14H21FN2O/c1-11-3-4-13(15)7-12(11)8-16-9-14-10-17(2)5-6-18-14/h3-4,7,14,16H,5-6,8-10H2,1-2H3. The number of halogens is 1. The van der Waals surface area contributed by atoms with Gasteiger partial charge in [0, 0.05) is 26.2 Å². The number of likely N-dealkylation sites (N-methyl/N-ethyl adjacent to an activating group) is 1. The Morgan fingerprint density at radius 2 is 2.33 bits per heavy atom. The fourth-order valence-corrected chi connectivity index (χ4v) is 2.19. The van der Waals surface area contributed by atoms with Crippen LogP contribution in [-0.4, -0.2) is 44.3 Å². The first-order chi connectivity index (χ1) is 8.65. The monoisotopic (exact) mass is 252 g/mol. The largest absolute Gasteiger partial charge is 0.374 e. The Kier molecular flexibility index (Phi) is 4.69. The van der Waals surface area contributed by atoms with Gasteiger partial charge in [0.2, 0.25) is 0 Å². The van der Waals surface area contributed by atoms with E-state index >= 15 is 0 Å². The summed E-state index contributed by atoms with van der Waals surface area (Å²) in [6.45, 7) is 6.24. The first-order valence-corrected chi connectivity index (χ1v) is 6.41. The summed E-state index contributed by atoms with van der Waals surface area (Å²) in [4.78, 5) is 2.27. The molecule has 0 aromatic heterocycles. The molecule has 4 heteroatoms. The lowest BCUT2D eigenvalue weighted by molar-refractivity contribution is -0.0182. The Balaban J connectivity index is 1.79. The number of aryl methyl sites for hydroxylation is 1. The lowest BCUT2D eigenvalue weighted by Crippen LogP contribution is -2.44. The molecular weight excluding hydrogens is 231 g/mol. The van der Waals surface area contributed by atoms with Crippen LogP contribution in [0.2, 0.25) is 0 Å². The van der Waals surface area contributed by atoms with Gasteiger partial charge >= 0.3 is 0 Å². The van der Waals surface area contributed by atoms with E-state index in [0.717, 1.165) is 37.4 Å². The maximum absolute atomic E-state index is 13.1. The number of nitrogens with one attached hydrogen (secondary N) is 1. The second-order valence-electron chi connectivity index (χ2n) is 4.96. The van der Waals surface area contributed by atoms with E-state index < -0.39 is 0 Å². The van der Waals surface area contributed by atoms with Crippen molar-refractivity contribution in [3.63, 3.8) is 0 Å². The van der Waals surface area contributed by atoms with Gasteiger partial charge in [0.05, 0.1) is 12.7 Å². The average molecular weight is 252 g/mol. The van der Waals surface area contributed by atoms with E-state index in [4.69, 9.17) is 4.74 Å². The molecule has 0 aliphatic carbocycles. The van der Waals surface area contributed by atoms with Crippen molar-refractivity contribution < 1.29 is 9.13 Å². The quantitative estimate of drug-likeness (QED) is 0.880. The van der Waals surface area contributed by atoms with Crippen LogP contribution in [0, 0.1) is 12.7 Å². The Labute approximate surface area is 108 Å². The molecule has 0 amide bonds. The third-order valence-corrected chi connectivity index (χ3v) is 3.34. The highest BCUT2D eigenvalue weighted by Crippen LogP contribution is 2.10. The van der Waals surface area contributed by atoms with Crippen LogP contribution in [0.5, 0.6) is 0 Å². The molecule has 1 heterocycles. The molecule has 0 spiro atoms. The number of benzene rings is 1. The van der Waals surface area contributed by atoms with Crippen molar-refractivity contribution in [3.05, 3.63) is 35.1 Å². The number of hydrogen-bond acceptors (Lipinski definition) is 3. The first-order valence-electron chi connectivity index (χ1n) is 6.41. The maximum atomic E-state index is 13.1. The van der Waals surface area contributed by atoms with E-state index in [0.29, 0.717) is 6.54 Å². The van der Waals surface area contributed by atoms with Crippen LogP contribution < -0.4 is 5.32 Å². The van der Waals surface area contributed by atoms with Gasteiger partial charge in [-0.15, -0.1) is 0 Å². The van der Waals surface area contributed by atoms with Crippen molar-refractivity contribution in [1.29, 1.82) is 0 Å². The molecule has 2 rings (SSSR count). The molecular formula is C14H21FN2O. The zero-order chi connectivity index (χ0) is 13.0. The van der Waals surface area contributed by atoms with E-state index in [1.807, 2.05) is 13.0 Å². The van der Waals surface area contributed by atoms with Gasteiger partial charge < -0.3 is 15.0 Å². The summed E-state index contributed by atoms with van der Waals surface area (Å²) in [7, 11) is 2.10. The van der Waals surface area contributed by atoms with E-state index in [2.05, 4.69) is 17.3 Å². The SMILES string of the molecule is Cc1ccc(F)cc1CNCC1CN(C)CCO1. The summed E-state index contributed by atoms with van der Waals surface area (Å²) in [5.41, 5.74) is 2.13. The maximum Gasteiger partial charge on any atom is 0.123 e. The highest BCUT2D eigenvalue weighted by Gasteiger charge is 2.16. The van der Waals surface area contributed by atoms with Crippen LogP contribution in [0.1, 0.15) is 11.1 Å². The van der Waals surface area contributed by atoms with E-state index in [1.54, 1.807) is 6.07 Å². The van der Waals surface area contributed by atoms with E-state index in [1.165, 1.54) is 6.07 Å². The lowest BCUT2D eigenvalue weighted by atomic mass is 10.1. The van der Waals surface area contributed by atoms with Crippen molar-refractivity contribution >= 4 is 0 Å².